The standard InChI is InChI=1S/C9H11F2N3S/c1-12-7(8(10)11)4-6-5-14-2-3-15-9(14)13-6/h2-3,5,7-8,12H,4H2,1H3. The lowest BCUT2D eigenvalue weighted by atomic mass is 10.2. The van der Waals surface area contributed by atoms with Crippen LogP contribution in [0.15, 0.2) is 17.8 Å². The molecule has 0 aliphatic rings. The number of nitrogens with one attached hydrogen (secondary N) is 1. The Morgan fingerprint density at radius 1 is 1.60 bits per heavy atom. The van der Waals surface area contributed by atoms with Crippen molar-refractivity contribution in [3.05, 3.63) is 23.5 Å². The van der Waals surface area contributed by atoms with Crippen LogP contribution in [0.1, 0.15) is 5.69 Å². The number of hydrogen-bond acceptors (Lipinski definition) is 3. The van der Waals surface area contributed by atoms with Gasteiger partial charge in [0.05, 0.1) is 11.7 Å². The van der Waals surface area contributed by atoms with Crippen molar-refractivity contribution in [1.29, 1.82) is 0 Å². The number of aromatic nitrogens is 2. The Morgan fingerprint density at radius 3 is 3.00 bits per heavy atom. The number of halogens is 2. The minimum absolute atomic E-state index is 0.253. The Balaban J connectivity index is 2.14. The second-order valence-corrected chi connectivity index (χ2v) is 4.13. The van der Waals surface area contributed by atoms with E-state index in [9.17, 15) is 8.78 Å². The summed E-state index contributed by atoms with van der Waals surface area (Å²) in [4.78, 5) is 5.09. The number of likely N-dealkylation sites (N-methyl/N-ethyl adjacent to an activating group) is 1. The van der Waals surface area contributed by atoms with Crippen LogP contribution >= 0.6 is 11.3 Å². The molecule has 1 N–H and O–H groups in total. The predicted molar refractivity (Wildman–Crippen MR) is 55.6 cm³/mol. The molecule has 6 heteroatoms. The van der Waals surface area contributed by atoms with Gasteiger partial charge in [-0.1, -0.05) is 0 Å². The van der Waals surface area contributed by atoms with Crippen molar-refractivity contribution in [3.63, 3.8) is 0 Å². The topological polar surface area (TPSA) is 29.3 Å². The number of imidazole rings is 1. The highest BCUT2D eigenvalue weighted by Gasteiger charge is 2.19. The van der Waals surface area contributed by atoms with Crippen molar-refractivity contribution in [2.24, 2.45) is 0 Å². The molecule has 0 amide bonds. The summed E-state index contributed by atoms with van der Waals surface area (Å²) in [5.74, 6) is 0. The van der Waals surface area contributed by atoms with Gasteiger partial charge in [0.2, 0.25) is 0 Å². The van der Waals surface area contributed by atoms with Crippen molar-refractivity contribution < 1.29 is 8.78 Å². The van der Waals surface area contributed by atoms with Gasteiger partial charge in [-0.2, -0.15) is 0 Å². The molecule has 0 bridgehead atoms. The van der Waals surface area contributed by atoms with E-state index in [2.05, 4.69) is 10.3 Å². The molecule has 0 aromatic carbocycles. The molecule has 2 aromatic rings. The van der Waals surface area contributed by atoms with Crippen molar-refractivity contribution in [1.82, 2.24) is 14.7 Å². The molecule has 3 nitrogen and oxygen atoms in total. The molecule has 0 aliphatic carbocycles. The zero-order valence-electron chi connectivity index (χ0n) is 8.15. The van der Waals surface area contributed by atoms with Gasteiger partial charge in [0.25, 0.3) is 6.43 Å². The molecule has 15 heavy (non-hydrogen) atoms. The van der Waals surface area contributed by atoms with Gasteiger partial charge in [0.15, 0.2) is 4.96 Å². The van der Waals surface area contributed by atoms with Crippen LogP contribution in [0.25, 0.3) is 4.96 Å². The number of hydrogen-bond donors (Lipinski definition) is 1. The van der Waals surface area contributed by atoms with E-state index in [0.717, 1.165) is 4.96 Å². The molecule has 1 atom stereocenters. The largest absolute Gasteiger partial charge is 0.312 e. The average molecular weight is 231 g/mol. The lowest BCUT2D eigenvalue weighted by molar-refractivity contribution is 0.102. The first kappa shape index (κ1) is 10.5. The Kier molecular flexibility index (Phi) is 2.97. The maximum Gasteiger partial charge on any atom is 0.254 e. The van der Waals surface area contributed by atoms with Gasteiger partial charge in [0, 0.05) is 24.2 Å². The Labute approximate surface area is 89.8 Å². The van der Waals surface area contributed by atoms with Gasteiger partial charge in [-0.05, 0) is 7.05 Å². The Hall–Kier alpha value is -1.01. The number of thiazole rings is 1. The highest BCUT2D eigenvalue weighted by Crippen LogP contribution is 2.14. The maximum absolute atomic E-state index is 12.5. The fraction of sp³-hybridized carbons (Fsp3) is 0.444. The van der Waals surface area contributed by atoms with E-state index in [1.165, 1.54) is 18.4 Å². The Morgan fingerprint density at radius 2 is 2.40 bits per heavy atom. The van der Waals surface area contributed by atoms with Crippen LogP contribution in [0, 0.1) is 0 Å². The molecule has 2 rings (SSSR count). The van der Waals surface area contributed by atoms with Crippen LogP contribution < -0.4 is 5.32 Å². The number of nitrogens with zero attached hydrogens (tertiary/aromatic N) is 2. The number of rotatable bonds is 4. The zero-order chi connectivity index (χ0) is 10.8. The van der Waals surface area contributed by atoms with E-state index in [1.807, 2.05) is 16.0 Å². The van der Waals surface area contributed by atoms with Gasteiger partial charge >= 0.3 is 0 Å². The van der Waals surface area contributed by atoms with Gasteiger partial charge < -0.3 is 5.32 Å². The smallest absolute Gasteiger partial charge is 0.254 e. The second kappa shape index (κ2) is 4.24. The van der Waals surface area contributed by atoms with Crippen molar-refractivity contribution in [3.8, 4) is 0 Å². The van der Waals surface area contributed by atoms with Crippen LogP contribution in [-0.2, 0) is 6.42 Å². The minimum Gasteiger partial charge on any atom is -0.312 e. The minimum atomic E-state index is -2.37. The predicted octanol–water partition coefficient (Wildman–Crippen LogP) is 1.79. The molecular formula is C9H11F2N3S. The van der Waals surface area contributed by atoms with Crippen molar-refractivity contribution in [2.75, 3.05) is 7.05 Å². The first-order chi connectivity index (χ1) is 7.20. The summed E-state index contributed by atoms with van der Waals surface area (Å²) in [5, 5.41) is 4.50. The average Bonchev–Trinajstić information content (AvgIpc) is 2.72. The summed E-state index contributed by atoms with van der Waals surface area (Å²) >= 11 is 1.50. The number of alkyl halides is 2. The SMILES string of the molecule is CNC(Cc1cn2ccsc2n1)C(F)F. The molecule has 82 valence electrons. The van der Waals surface area contributed by atoms with Crippen molar-refractivity contribution >= 4 is 16.3 Å². The summed E-state index contributed by atoms with van der Waals surface area (Å²) in [6.07, 6.45) is 1.55. The van der Waals surface area contributed by atoms with E-state index in [-0.39, 0.29) is 6.42 Å². The van der Waals surface area contributed by atoms with Crippen molar-refractivity contribution in [2.45, 2.75) is 18.9 Å². The van der Waals surface area contributed by atoms with Gasteiger partial charge in [0.1, 0.15) is 0 Å². The van der Waals surface area contributed by atoms with E-state index < -0.39 is 12.5 Å². The molecular weight excluding hydrogens is 220 g/mol. The lowest BCUT2D eigenvalue weighted by Crippen LogP contribution is -2.34. The molecule has 0 radical (unpaired) electrons. The normalized spacial score (nSPS) is 13.9. The zero-order valence-corrected chi connectivity index (χ0v) is 8.97. The van der Waals surface area contributed by atoms with Crippen LogP contribution in [0.2, 0.25) is 0 Å². The van der Waals surface area contributed by atoms with Gasteiger partial charge in [-0.15, -0.1) is 11.3 Å². The Bertz CT molecular complexity index is 409. The van der Waals surface area contributed by atoms with Gasteiger partial charge in [-0.3, -0.25) is 4.40 Å². The van der Waals surface area contributed by atoms with E-state index in [4.69, 9.17) is 0 Å². The quantitative estimate of drug-likeness (QED) is 0.869. The van der Waals surface area contributed by atoms with Crippen LogP contribution in [0.5, 0.6) is 0 Å². The summed E-state index contributed by atoms with van der Waals surface area (Å²) in [6, 6.07) is -0.824. The van der Waals surface area contributed by atoms with E-state index in [0.29, 0.717) is 5.69 Å². The van der Waals surface area contributed by atoms with Gasteiger partial charge in [-0.25, -0.2) is 13.8 Å². The summed E-state index contributed by atoms with van der Waals surface area (Å²) in [6.45, 7) is 0. The first-order valence-corrected chi connectivity index (χ1v) is 5.45. The summed E-state index contributed by atoms with van der Waals surface area (Å²) in [7, 11) is 1.54. The van der Waals surface area contributed by atoms with E-state index >= 15 is 0 Å². The first-order valence-electron chi connectivity index (χ1n) is 4.57. The molecule has 0 saturated carbocycles. The highest BCUT2D eigenvalue weighted by atomic mass is 32.1. The lowest BCUT2D eigenvalue weighted by Gasteiger charge is -2.12. The van der Waals surface area contributed by atoms with Crippen LogP contribution in [0.3, 0.4) is 0 Å². The summed E-state index contributed by atoms with van der Waals surface area (Å²) in [5.41, 5.74) is 0.696. The fourth-order valence-electron chi connectivity index (χ4n) is 1.42. The third-order valence-electron chi connectivity index (χ3n) is 2.25. The monoisotopic (exact) mass is 231 g/mol. The second-order valence-electron chi connectivity index (χ2n) is 3.26. The molecule has 0 saturated heterocycles. The fourth-order valence-corrected chi connectivity index (χ4v) is 2.14. The van der Waals surface area contributed by atoms with Crippen LogP contribution in [-0.4, -0.2) is 28.9 Å². The maximum atomic E-state index is 12.5. The highest BCUT2D eigenvalue weighted by molar-refractivity contribution is 7.15. The third-order valence-corrected chi connectivity index (χ3v) is 3.02. The van der Waals surface area contributed by atoms with E-state index in [1.54, 1.807) is 6.20 Å². The summed E-state index contributed by atoms with van der Waals surface area (Å²) < 4.78 is 26.8. The molecule has 0 fully saturated rings. The molecule has 2 aromatic heterocycles. The van der Waals surface area contributed by atoms with Crippen LogP contribution in [0.4, 0.5) is 8.78 Å². The third kappa shape index (κ3) is 2.15. The molecule has 0 spiro atoms. The molecule has 0 aliphatic heterocycles. The molecule has 1 unspecified atom stereocenters. The molecule has 2 heterocycles. The number of fused-ring (bicyclic) bond motifs is 1.